The van der Waals surface area contributed by atoms with Gasteiger partial charge in [0.2, 0.25) is 0 Å². The van der Waals surface area contributed by atoms with Gasteiger partial charge in [0, 0.05) is 11.6 Å². The fraction of sp³-hybridized carbons (Fsp3) is 0.364. The van der Waals surface area contributed by atoms with Crippen LogP contribution in [0.5, 0.6) is 0 Å². The predicted octanol–water partition coefficient (Wildman–Crippen LogP) is 4.08. The van der Waals surface area contributed by atoms with Crippen molar-refractivity contribution in [3.63, 3.8) is 0 Å². The van der Waals surface area contributed by atoms with E-state index in [1.165, 1.54) is 4.70 Å². The molecule has 0 aliphatic rings. The van der Waals surface area contributed by atoms with Crippen LogP contribution in [0.3, 0.4) is 0 Å². The molecule has 0 amide bonds. The van der Waals surface area contributed by atoms with Crippen LogP contribution in [-0.4, -0.2) is 11.5 Å². The van der Waals surface area contributed by atoms with Gasteiger partial charge in [-0.3, -0.25) is 0 Å². The number of halogens is 1. The van der Waals surface area contributed by atoms with Crippen LogP contribution in [0.2, 0.25) is 5.02 Å². The number of hydrogen-bond donors (Lipinski definition) is 1. The molecular formula is C11H13ClN2S. The summed E-state index contributed by atoms with van der Waals surface area (Å²) >= 11 is 7.72. The molecule has 0 bridgehead atoms. The molecule has 80 valence electrons. The molecule has 2 rings (SSSR count). The van der Waals surface area contributed by atoms with E-state index in [0.29, 0.717) is 0 Å². The zero-order valence-electron chi connectivity index (χ0n) is 8.80. The number of anilines is 1. The van der Waals surface area contributed by atoms with E-state index in [4.69, 9.17) is 11.6 Å². The smallest absolute Gasteiger partial charge is 0.183 e. The van der Waals surface area contributed by atoms with E-state index in [1.807, 2.05) is 13.0 Å². The molecule has 0 aliphatic carbocycles. The minimum absolute atomic E-state index is 0.787. The summed E-state index contributed by atoms with van der Waals surface area (Å²) in [6.45, 7) is 5.12. The molecule has 0 saturated heterocycles. The lowest BCUT2D eigenvalue weighted by atomic mass is 10.2. The number of aromatic nitrogens is 1. The number of thiazole rings is 1. The lowest BCUT2D eigenvalue weighted by Crippen LogP contribution is -1.98. The van der Waals surface area contributed by atoms with Gasteiger partial charge >= 0.3 is 0 Å². The topological polar surface area (TPSA) is 24.9 Å². The first kappa shape index (κ1) is 10.7. The first-order valence-corrected chi connectivity index (χ1v) is 6.20. The number of aryl methyl sites for hydroxylation is 1. The van der Waals surface area contributed by atoms with Crippen LogP contribution >= 0.6 is 22.9 Å². The Labute approximate surface area is 98.3 Å². The standard InChI is InChI=1S/C11H13ClN2S/c1-3-4-13-11-14-9-6-8(12)7(2)5-10(9)15-11/h5-6H,3-4H2,1-2H3,(H,13,14). The van der Waals surface area contributed by atoms with Gasteiger partial charge in [0.25, 0.3) is 0 Å². The summed E-state index contributed by atoms with van der Waals surface area (Å²) in [5, 5.41) is 5.05. The van der Waals surface area contributed by atoms with Gasteiger partial charge in [0.05, 0.1) is 10.2 Å². The second kappa shape index (κ2) is 4.37. The normalized spacial score (nSPS) is 10.9. The number of hydrogen-bond acceptors (Lipinski definition) is 3. The lowest BCUT2D eigenvalue weighted by Gasteiger charge is -1.95. The average Bonchev–Trinajstić information content (AvgIpc) is 2.58. The van der Waals surface area contributed by atoms with Gasteiger partial charge in [-0.15, -0.1) is 0 Å². The average molecular weight is 241 g/mol. The van der Waals surface area contributed by atoms with Gasteiger partial charge in [-0.2, -0.15) is 0 Å². The van der Waals surface area contributed by atoms with Gasteiger partial charge in [-0.25, -0.2) is 4.98 Å². The highest BCUT2D eigenvalue weighted by atomic mass is 35.5. The van der Waals surface area contributed by atoms with E-state index in [-0.39, 0.29) is 0 Å². The Morgan fingerprint density at radius 2 is 2.27 bits per heavy atom. The van der Waals surface area contributed by atoms with Gasteiger partial charge in [0.1, 0.15) is 0 Å². The summed E-state index contributed by atoms with van der Waals surface area (Å²) in [4.78, 5) is 4.48. The van der Waals surface area contributed by atoms with E-state index in [2.05, 4.69) is 23.3 Å². The Hall–Kier alpha value is -0.800. The van der Waals surface area contributed by atoms with E-state index >= 15 is 0 Å². The minimum Gasteiger partial charge on any atom is -0.361 e. The lowest BCUT2D eigenvalue weighted by molar-refractivity contribution is 0.977. The van der Waals surface area contributed by atoms with E-state index in [1.54, 1.807) is 11.3 Å². The molecule has 0 saturated carbocycles. The molecule has 1 aromatic heterocycles. The fourth-order valence-corrected chi connectivity index (χ4v) is 2.49. The maximum atomic E-state index is 6.05. The second-order valence-corrected chi connectivity index (χ2v) is 4.95. The molecule has 1 aromatic carbocycles. The number of rotatable bonds is 3. The van der Waals surface area contributed by atoms with Gasteiger partial charge in [-0.05, 0) is 31.0 Å². The molecule has 2 nitrogen and oxygen atoms in total. The number of fused-ring (bicyclic) bond motifs is 1. The third kappa shape index (κ3) is 2.24. The molecule has 0 aliphatic heterocycles. The van der Waals surface area contributed by atoms with Crippen LogP contribution < -0.4 is 5.32 Å². The first-order chi connectivity index (χ1) is 7.20. The monoisotopic (exact) mass is 240 g/mol. The van der Waals surface area contributed by atoms with Crippen molar-refractivity contribution in [2.75, 3.05) is 11.9 Å². The van der Waals surface area contributed by atoms with Crippen LogP contribution in [-0.2, 0) is 0 Å². The van der Waals surface area contributed by atoms with Gasteiger partial charge in [-0.1, -0.05) is 29.9 Å². The number of nitrogens with one attached hydrogen (secondary N) is 1. The highest BCUT2D eigenvalue weighted by Gasteiger charge is 2.05. The van der Waals surface area contributed by atoms with Crippen LogP contribution in [0.15, 0.2) is 12.1 Å². The summed E-state index contributed by atoms with van der Waals surface area (Å²) in [5.41, 5.74) is 2.09. The zero-order chi connectivity index (χ0) is 10.8. The number of benzene rings is 1. The molecule has 0 spiro atoms. The molecule has 0 atom stereocenters. The zero-order valence-corrected chi connectivity index (χ0v) is 10.4. The molecule has 0 radical (unpaired) electrons. The third-order valence-electron chi connectivity index (χ3n) is 2.20. The summed E-state index contributed by atoms with van der Waals surface area (Å²) in [5.74, 6) is 0. The van der Waals surface area contributed by atoms with Crippen molar-refractivity contribution in [2.45, 2.75) is 20.3 Å². The predicted molar refractivity (Wildman–Crippen MR) is 68.1 cm³/mol. The van der Waals surface area contributed by atoms with Crippen molar-refractivity contribution in [1.29, 1.82) is 0 Å². The van der Waals surface area contributed by atoms with E-state index in [0.717, 1.165) is 34.2 Å². The highest BCUT2D eigenvalue weighted by molar-refractivity contribution is 7.22. The summed E-state index contributed by atoms with van der Waals surface area (Å²) < 4.78 is 1.19. The van der Waals surface area contributed by atoms with Crippen molar-refractivity contribution in [1.82, 2.24) is 4.98 Å². The fourth-order valence-electron chi connectivity index (χ4n) is 1.36. The molecule has 1 N–H and O–H groups in total. The van der Waals surface area contributed by atoms with Crippen LogP contribution in [0.25, 0.3) is 10.2 Å². The van der Waals surface area contributed by atoms with Crippen molar-refractivity contribution in [3.8, 4) is 0 Å². The SMILES string of the molecule is CCCNc1nc2cc(Cl)c(C)cc2s1. The summed E-state index contributed by atoms with van der Waals surface area (Å²) in [6.07, 6.45) is 1.11. The Morgan fingerprint density at radius 1 is 1.47 bits per heavy atom. The molecule has 15 heavy (non-hydrogen) atoms. The minimum atomic E-state index is 0.787. The van der Waals surface area contributed by atoms with Crippen molar-refractivity contribution >= 4 is 38.3 Å². The van der Waals surface area contributed by atoms with Gasteiger partial charge < -0.3 is 5.32 Å². The van der Waals surface area contributed by atoms with Crippen molar-refractivity contribution in [2.24, 2.45) is 0 Å². The Bertz CT molecular complexity index is 440. The highest BCUT2D eigenvalue weighted by Crippen LogP contribution is 2.30. The van der Waals surface area contributed by atoms with Crippen LogP contribution in [0, 0.1) is 6.92 Å². The first-order valence-electron chi connectivity index (χ1n) is 5.01. The Balaban J connectivity index is 2.38. The maximum absolute atomic E-state index is 6.05. The summed E-state index contributed by atoms with van der Waals surface area (Å²) in [7, 11) is 0. The molecule has 1 heterocycles. The molecule has 4 heteroatoms. The largest absolute Gasteiger partial charge is 0.361 e. The maximum Gasteiger partial charge on any atom is 0.183 e. The molecule has 0 unspecified atom stereocenters. The van der Waals surface area contributed by atoms with Crippen LogP contribution in [0.4, 0.5) is 5.13 Å². The Kier molecular flexibility index (Phi) is 3.12. The number of nitrogens with zero attached hydrogens (tertiary/aromatic N) is 1. The molecular weight excluding hydrogens is 228 g/mol. The van der Waals surface area contributed by atoms with Crippen LogP contribution in [0.1, 0.15) is 18.9 Å². The van der Waals surface area contributed by atoms with Crippen molar-refractivity contribution < 1.29 is 0 Å². The van der Waals surface area contributed by atoms with Gasteiger partial charge in [0.15, 0.2) is 5.13 Å². The molecule has 0 fully saturated rings. The van der Waals surface area contributed by atoms with Crippen molar-refractivity contribution in [3.05, 3.63) is 22.7 Å². The summed E-state index contributed by atoms with van der Waals surface area (Å²) in [6, 6.07) is 4.02. The quantitative estimate of drug-likeness (QED) is 0.875. The van der Waals surface area contributed by atoms with E-state index < -0.39 is 0 Å². The third-order valence-corrected chi connectivity index (χ3v) is 3.58. The Morgan fingerprint density at radius 3 is 3.00 bits per heavy atom. The second-order valence-electron chi connectivity index (χ2n) is 3.51. The molecule has 2 aromatic rings. The van der Waals surface area contributed by atoms with E-state index in [9.17, 15) is 0 Å².